The van der Waals surface area contributed by atoms with E-state index in [2.05, 4.69) is 10.3 Å². The van der Waals surface area contributed by atoms with E-state index in [9.17, 15) is 4.79 Å². The molecular formula is C12H13N3O. The van der Waals surface area contributed by atoms with Crippen LogP contribution in [0.3, 0.4) is 0 Å². The minimum atomic E-state index is -0.452. The van der Waals surface area contributed by atoms with Gasteiger partial charge in [-0.3, -0.25) is 4.79 Å². The maximum atomic E-state index is 11.2. The number of aromatic nitrogens is 1. The average Bonchev–Trinajstić information content (AvgIpc) is 2.29. The van der Waals surface area contributed by atoms with Crippen LogP contribution in [0.2, 0.25) is 0 Å². The highest BCUT2D eigenvalue weighted by atomic mass is 16.1. The molecule has 0 atom stereocenters. The van der Waals surface area contributed by atoms with Gasteiger partial charge in [-0.25, -0.2) is 4.98 Å². The van der Waals surface area contributed by atoms with Crippen LogP contribution >= 0.6 is 0 Å². The molecule has 0 aliphatic heterocycles. The SMILES string of the molecule is CCNc1ncc(C(N)=O)c2ccccc12. The second kappa shape index (κ2) is 4.18. The Balaban J connectivity index is 2.71. The van der Waals surface area contributed by atoms with Gasteiger partial charge in [0.1, 0.15) is 5.82 Å². The Morgan fingerprint density at radius 3 is 2.69 bits per heavy atom. The molecular weight excluding hydrogens is 202 g/mol. The monoisotopic (exact) mass is 215 g/mol. The van der Waals surface area contributed by atoms with Crippen LogP contribution in [0.4, 0.5) is 5.82 Å². The quantitative estimate of drug-likeness (QED) is 0.819. The van der Waals surface area contributed by atoms with Gasteiger partial charge < -0.3 is 11.1 Å². The van der Waals surface area contributed by atoms with Gasteiger partial charge in [-0.15, -0.1) is 0 Å². The van der Waals surface area contributed by atoms with Gasteiger partial charge in [0.05, 0.1) is 5.56 Å². The zero-order valence-corrected chi connectivity index (χ0v) is 9.03. The third-order valence-corrected chi connectivity index (χ3v) is 2.40. The molecule has 0 unspecified atom stereocenters. The molecule has 1 aromatic heterocycles. The van der Waals surface area contributed by atoms with Crippen molar-refractivity contribution in [2.45, 2.75) is 6.92 Å². The van der Waals surface area contributed by atoms with Crippen LogP contribution in [-0.4, -0.2) is 17.4 Å². The van der Waals surface area contributed by atoms with Gasteiger partial charge in [0.25, 0.3) is 5.91 Å². The maximum Gasteiger partial charge on any atom is 0.250 e. The van der Waals surface area contributed by atoms with Gasteiger partial charge in [0.2, 0.25) is 0 Å². The Kier molecular flexibility index (Phi) is 2.72. The number of hydrogen-bond donors (Lipinski definition) is 2. The molecule has 3 N–H and O–H groups in total. The Labute approximate surface area is 93.5 Å². The Bertz CT molecular complexity index is 537. The number of anilines is 1. The molecule has 0 saturated carbocycles. The number of hydrogen-bond acceptors (Lipinski definition) is 3. The molecule has 0 fully saturated rings. The fraction of sp³-hybridized carbons (Fsp3) is 0.167. The normalized spacial score (nSPS) is 10.3. The lowest BCUT2D eigenvalue weighted by molar-refractivity contribution is 0.100. The fourth-order valence-corrected chi connectivity index (χ4v) is 1.70. The van der Waals surface area contributed by atoms with Crippen molar-refractivity contribution in [1.82, 2.24) is 4.98 Å². The molecule has 0 aliphatic carbocycles. The van der Waals surface area contributed by atoms with Gasteiger partial charge in [-0.1, -0.05) is 24.3 Å². The van der Waals surface area contributed by atoms with E-state index >= 15 is 0 Å². The number of pyridine rings is 1. The first-order valence-corrected chi connectivity index (χ1v) is 5.15. The molecule has 0 saturated heterocycles. The average molecular weight is 215 g/mol. The molecule has 1 heterocycles. The summed E-state index contributed by atoms with van der Waals surface area (Å²) in [5.41, 5.74) is 5.76. The van der Waals surface area contributed by atoms with Crippen molar-refractivity contribution in [1.29, 1.82) is 0 Å². The summed E-state index contributed by atoms with van der Waals surface area (Å²) >= 11 is 0. The summed E-state index contributed by atoms with van der Waals surface area (Å²) in [7, 11) is 0. The number of nitrogens with zero attached hydrogens (tertiary/aromatic N) is 1. The molecule has 0 spiro atoms. The summed E-state index contributed by atoms with van der Waals surface area (Å²) in [6, 6.07) is 7.59. The predicted octanol–water partition coefficient (Wildman–Crippen LogP) is 1.77. The molecule has 2 rings (SSSR count). The van der Waals surface area contributed by atoms with Crippen molar-refractivity contribution in [3.8, 4) is 0 Å². The first-order chi connectivity index (χ1) is 7.74. The largest absolute Gasteiger partial charge is 0.370 e. The highest BCUT2D eigenvalue weighted by Gasteiger charge is 2.09. The Morgan fingerprint density at radius 2 is 2.06 bits per heavy atom. The van der Waals surface area contributed by atoms with Gasteiger partial charge in [0, 0.05) is 18.1 Å². The van der Waals surface area contributed by atoms with E-state index in [0.717, 1.165) is 23.1 Å². The van der Waals surface area contributed by atoms with Crippen LogP contribution in [0, 0.1) is 0 Å². The zero-order valence-electron chi connectivity index (χ0n) is 9.03. The van der Waals surface area contributed by atoms with Crippen molar-refractivity contribution < 1.29 is 4.79 Å². The second-order valence-corrected chi connectivity index (χ2v) is 3.46. The van der Waals surface area contributed by atoms with Gasteiger partial charge in [0.15, 0.2) is 0 Å². The number of nitrogens with two attached hydrogens (primary N) is 1. The van der Waals surface area contributed by atoms with Crippen molar-refractivity contribution in [3.63, 3.8) is 0 Å². The van der Waals surface area contributed by atoms with Crippen LogP contribution in [0.5, 0.6) is 0 Å². The number of benzene rings is 1. The van der Waals surface area contributed by atoms with E-state index in [-0.39, 0.29) is 0 Å². The molecule has 82 valence electrons. The van der Waals surface area contributed by atoms with Crippen LogP contribution in [0.25, 0.3) is 10.8 Å². The second-order valence-electron chi connectivity index (χ2n) is 3.46. The lowest BCUT2D eigenvalue weighted by Crippen LogP contribution is -2.12. The highest BCUT2D eigenvalue weighted by Crippen LogP contribution is 2.23. The van der Waals surface area contributed by atoms with Gasteiger partial charge in [-0.2, -0.15) is 0 Å². The number of primary amides is 1. The number of rotatable bonds is 3. The molecule has 0 bridgehead atoms. The van der Waals surface area contributed by atoms with E-state index < -0.39 is 5.91 Å². The van der Waals surface area contributed by atoms with Crippen molar-refractivity contribution in [2.75, 3.05) is 11.9 Å². The third-order valence-electron chi connectivity index (χ3n) is 2.40. The predicted molar refractivity (Wildman–Crippen MR) is 64.4 cm³/mol. The van der Waals surface area contributed by atoms with Crippen molar-refractivity contribution in [3.05, 3.63) is 36.0 Å². The summed E-state index contributed by atoms with van der Waals surface area (Å²) in [5.74, 6) is 0.329. The number of amides is 1. The summed E-state index contributed by atoms with van der Waals surface area (Å²) in [4.78, 5) is 15.5. The number of nitrogens with one attached hydrogen (secondary N) is 1. The number of carbonyl (C=O) groups excluding carboxylic acids is 1. The molecule has 2 aromatic rings. The van der Waals surface area contributed by atoms with Crippen molar-refractivity contribution >= 4 is 22.5 Å². The van der Waals surface area contributed by atoms with E-state index in [1.165, 1.54) is 6.20 Å². The van der Waals surface area contributed by atoms with Gasteiger partial charge in [-0.05, 0) is 12.3 Å². The molecule has 4 heteroatoms. The molecule has 1 amide bonds. The first kappa shape index (κ1) is 10.4. The molecule has 16 heavy (non-hydrogen) atoms. The third kappa shape index (κ3) is 1.69. The lowest BCUT2D eigenvalue weighted by atomic mass is 10.1. The summed E-state index contributed by atoms with van der Waals surface area (Å²) in [6.45, 7) is 2.78. The van der Waals surface area contributed by atoms with E-state index in [4.69, 9.17) is 5.73 Å². The summed E-state index contributed by atoms with van der Waals surface area (Å²) in [5, 5.41) is 4.90. The summed E-state index contributed by atoms with van der Waals surface area (Å²) < 4.78 is 0. The minimum absolute atomic E-state index is 0.452. The van der Waals surface area contributed by atoms with Crippen LogP contribution < -0.4 is 11.1 Å². The summed E-state index contributed by atoms with van der Waals surface area (Å²) in [6.07, 6.45) is 1.52. The van der Waals surface area contributed by atoms with Crippen molar-refractivity contribution in [2.24, 2.45) is 5.73 Å². The lowest BCUT2D eigenvalue weighted by Gasteiger charge is -2.08. The van der Waals surface area contributed by atoms with Crippen LogP contribution in [0.15, 0.2) is 30.5 Å². The molecule has 4 nitrogen and oxygen atoms in total. The topological polar surface area (TPSA) is 68.0 Å². The highest BCUT2D eigenvalue weighted by molar-refractivity contribution is 6.08. The molecule has 0 aliphatic rings. The van der Waals surface area contributed by atoms with E-state index in [1.807, 2.05) is 31.2 Å². The molecule has 0 radical (unpaired) electrons. The van der Waals surface area contributed by atoms with Crippen LogP contribution in [-0.2, 0) is 0 Å². The van der Waals surface area contributed by atoms with E-state index in [1.54, 1.807) is 0 Å². The number of carbonyl (C=O) groups is 1. The minimum Gasteiger partial charge on any atom is -0.370 e. The maximum absolute atomic E-state index is 11.2. The zero-order chi connectivity index (χ0) is 11.5. The Morgan fingerprint density at radius 1 is 1.38 bits per heavy atom. The van der Waals surface area contributed by atoms with Gasteiger partial charge >= 0.3 is 0 Å². The molecule has 1 aromatic carbocycles. The number of fused-ring (bicyclic) bond motifs is 1. The smallest absolute Gasteiger partial charge is 0.250 e. The van der Waals surface area contributed by atoms with E-state index in [0.29, 0.717) is 5.56 Å². The Hall–Kier alpha value is -2.10. The first-order valence-electron chi connectivity index (χ1n) is 5.15. The van der Waals surface area contributed by atoms with Crippen LogP contribution in [0.1, 0.15) is 17.3 Å². The standard InChI is InChI=1S/C12H13N3O/c1-2-14-12-9-6-4-3-5-8(9)10(7-15-12)11(13)16/h3-7H,2H2,1H3,(H2,13,16)(H,14,15). The fourth-order valence-electron chi connectivity index (χ4n) is 1.70.